The van der Waals surface area contributed by atoms with Gasteiger partial charge in [-0.15, -0.1) is 0 Å². The van der Waals surface area contributed by atoms with Crippen LogP contribution in [0.25, 0.3) is 0 Å². The van der Waals surface area contributed by atoms with Gasteiger partial charge in [-0.05, 0) is 19.1 Å². The third-order valence-corrected chi connectivity index (χ3v) is 2.69. The molecule has 108 valence electrons. The Bertz CT molecular complexity index is 678. The van der Waals surface area contributed by atoms with E-state index in [1.54, 1.807) is 36.4 Å². The minimum Gasteiger partial charge on any atom is -0.497 e. The molecule has 2 aromatic rings. The van der Waals surface area contributed by atoms with E-state index < -0.39 is 0 Å². The molecule has 0 aliphatic heterocycles. The Morgan fingerprint density at radius 2 is 1.62 bits per heavy atom. The van der Waals surface area contributed by atoms with Crippen molar-refractivity contribution in [2.75, 3.05) is 19.5 Å². The molecule has 2 N–H and O–H groups in total. The number of nitriles is 1. The zero-order valence-electron chi connectivity index (χ0n) is 11.9. The van der Waals surface area contributed by atoms with Crippen LogP contribution in [0.1, 0.15) is 12.5 Å². The van der Waals surface area contributed by atoms with Gasteiger partial charge in [0.1, 0.15) is 23.0 Å². The van der Waals surface area contributed by atoms with Crippen molar-refractivity contribution in [3.05, 3.63) is 42.0 Å². The van der Waals surface area contributed by atoms with Crippen LogP contribution in [0.4, 0.5) is 5.69 Å². The van der Waals surface area contributed by atoms with Crippen molar-refractivity contribution >= 4 is 5.69 Å². The smallest absolute Gasteiger partial charge is 0.133 e. The molecule has 5 heteroatoms. The van der Waals surface area contributed by atoms with Crippen LogP contribution in [0.5, 0.6) is 23.0 Å². The van der Waals surface area contributed by atoms with E-state index in [4.69, 9.17) is 25.2 Å². The van der Waals surface area contributed by atoms with Crippen LogP contribution >= 0.6 is 0 Å². The summed E-state index contributed by atoms with van der Waals surface area (Å²) in [5, 5.41) is 9.01. The number of rotatable bonds is 5. The van der Waals surface area contributed by atoms with E-state index in [1.807, 2.05) is 6.92 Å². The van der Waals surface area contributed by atoms with Crippen molar-refractivity contribution in [2.24, 2.45) is 0 Å². The molecule has 0 aliphatic rings. The molecule has 21 heavy (non-hydrogen) atoms. The molecule has 0 fully saturated rings. The third kappa shape index (κ3) is 3.80. The number of hydrogen-bond acceptors (Lipinski definition) is 5. The molecule has 0 aliphatic carbocycles. The molecule has 0 saturated carbocycles. The summed E-state index contributed by atoms with van der Waals surface area (Å²) < 4.78 is 16.3. The molecular weight excluding hydrogens is 268 g/mol. The van der Waals surface area contributed by atoms with Gasteiger partial charge in [0.25, 0.3) is 0 Å². The Hall–Kier alpha value is -2.87. The van der Waals surface area contributed by atoms with Gasteiger partial charge < -0.3 is 19.9 Å². The number of hydrogen-bond donors (Lipinski definition) is 1. The normalized spacial score (nSPS) is 9.76. The molecule has 0 bridgehead atoms. The maximum atomic E-state index is 9.01. The molecule has 0 unspecified atom stereocenters. The summed E-state index contributed by atoms with van der Waals surface area (Å²) in [7, 11) is 1.54. The second kappa shape index (κ2) is 6.53. The van der Waals surface area contributed by atoms with Gasteiger partial charge in [0.15, 0.2) is 0 Å². The van der Waals surface area contributed by atoms with Gasteiger partial charge in [0, 0.05) is 30.0 Å². The van der Waals surface area contributed by atoms with Crippen molar-refractivity contribution in [2.45, 2.75) is 6.92 Å². The maximum Gasteiger partial charge on any atom is 0.133 e. The van der Waals surface area contributed by atoms with E-state index in [-0.39, 0.29) is 0 Å². The lowest BCUT2D eigenvalue weighted by molar-refractivity contribution is 0.338. The molecule has 0 atom stereocenters. The van der Waals surface area contributed by atoms with E-state index >= 15 is 0 Å². The van der Waals surface area contributed by atoms with E-state index in [2.05, 4.69) is 6.07 Å². The summed E-state index contributed by atoms with van der Waals surface area (Å²) >= 11 is 0. The van der Waals surface area contributed by atoms with Crippen molar-refractivity contribution in [1.29, 1.82) is 5.26 Å². The zero-order valence-corrected chi connectivity index (χ0v) is 11.9. The highest BCUT2D eigenvalue weighted by Crippen LogP contribution is 2.31. The number of benzene rings is 2. The second-order valence-electron chi connectivity index (χ2n) is 4.28. The highest BCUT2D eigenvalue weighted by Gasteiger charge is 2.06. The van der Waals surface area contributed by atoms with E-state index in [0.29, 0.717) is 40.9 Å². The van der Waals surface area contributed by atoms with E-state index in [0.717, 1.165) is 0 Å². The largest absolute Gasteiger partial charge is 0.497 e. The molecule has 0 saturated heterocycles. The van der Waals surface area contributed by atoms with Gasteiger partial charge in [-0.2, -0.15) is 5.26 Å². The lowest BCUT2D eigenvalue weighted by Crippen LogP contribution is -1.95. The van der Waals surface area contributed by atoms with Gasteiger partial charge in [-0.1, -0.05) is 0 Å². The molecular formula is C16H16N2O3. The number of anilines is 1. The fourth-order valence-corrected chi connectivity index (χ4v) is 1.85. The number of nitrogens with two attached hydrogens (primary N) is 1. The van der Waals surface area contributed by atoms with Crippen LogP contribution < -0.4 is 19.9 Å². The Morgan fingerprint density at radius 3 is 2.29 bits per heavy atom. The van der Waals surface area contributed by atoms with Crippen molar-refractivity contribution in [1.82, 2.24) is 0 Å². The average Bonchev–Trinajstić information content (AvgIpc) is 2.46. The first-order chi connectivity index (χ1) is 10.1. The monoisotopic (exact) mass is 284 g/mol. The highest BCUT2D eigenvalue weighted by molar-refractivity contribution is 5.52. The molecule has 0 heterocycles. The fourth-order valence-electron chi connectivity index (χ4n) is 1.85. The summed E-state index contributed by atoms with van der Waals surface area (Å²) in [6.07, 6.45) is 0. The molecule has 0 amide bonds. The van der Waals surface area contributed by atoms with Gasteiger partial charge in [-0.3, -0.25) is 0 Å². The molecule has 0 radical (unpaired) electrons. The lowest BCUT2D eigenvalue weighted by Gasteiger charge is -2.11. The first-order valence-electron chi connectivity index (χ1n) is 6.45. The van der Waals surface area contributed by atoms with Gasteiger partial charge in [-0.25, -0.2) is 0 Å². The third-order valence-electron chi connectivity index (χ3n) is 2.69. The number of nitrogens with zero attached hydrogens (tertiary/aromatic N) is 1. The molecule has 0 spiro atoms. The van der Waals surface area contributed by atoms with Crippen LogP contribution in [0, 0.1) is 11.3 Å². The zero-order chi connectivity index (χ0) is 15.2. The quantitative estimate of drug-likeness (QED) is 0.852. The molecule has 2 aromatic carbocycles. The van der Waals surface area contributed by atoms with Gasteiger partial charge >= 0.3 is 0 Å². The standard InChI is InChI=1S/C16H16N2O3/c1-3-20-14-6-12(18)7-16(9-14)21-15-5-11(10-17)4-13(8-15)19-2/h4-9H,3,18H2,1-2H3. The van der Waals surface area contributed by atoms with Crippen LogP contribution in [-0.4, -0.2) is 13.7 Å². The SMILES string of the molecule is CCOc1cc(N)cc(Oc2cc(C#N)cc(OC)c2)c1. The van der Waals surface area contributed by atoms with Crippen molar-refractivity contribution in [3.63, 3.8) is 0 Å². The second-order valence-corrected chi connectivity index (χ2v) is 4.28. The van der Waals surface area contributed by atoms with Crippen LogP contribution in [0.2, 0.25) is 0 Å². The minimum absolute atomic E-state index is 0.457. The maximum absolute atomic E-state index is 9.01. The van der Waals surface area contributed by atoms with Gasteiger partial charge in [0.2, 0.25) is 0 Å². The topological polar surface area (TPSA) is 77.5 Å². The Labute approximate surface area is 123 Å². The predicted octanol–water partition coefficient (Wildman–Crippen LogP) is 3.34. The first-order valence-corrected chi connectivity index (χ1v) is 6.45. The summed E-state index contributed by atoms with van der Waals surface area (Å²) in [6, 6.07) is 12.2. The summed E-state index contributed by atoms with van der Waals surface area (Å²) in [4.78, 5) is 0. The first kappa shape index (κ1) is 14.5. The highest BCUT2D eigenvalue weighted by atomic mass is 16.5. The molecule has 0 aromatic heterocycles. The minimum atomic E-state index is 0.457. The van der Waals surface area contributed by atoms with Crippen molar-refractivity contribution in [3.8, 4) is 29.1 Å². The summed E-state index contributed by atoms with van der Waals surface area (Å²) in [6.45, 7) is 2.44. The Morgan fingerprint density at radius 1 is 1.00 bits per heavy atom. The number of nitrogen functional groups attached to an aromatic ring is 1. The van der Waals surface area contributed by atoms with E-state index in [9.17, 15) is 0 Å². The Kier molecular flexibility index (Phi) is 4.52. The average molecular weight is 284 g/mol. The van der Waals surface area contributed by atoms with Gasteiger partial charge in [0.05, 0.1) is 25.3 Å². The molecule has 5 nitrogen and oxygen atoms in total. The molecule has 2 rings (SSSR count). The predicted molar refractivity (Wildman–Crippen MR) is 79.8 cm³/mol. The van der Waals surface area contributed by atoms with Crippen molar-refractivity contribution < 1.29 is 14.2 Å². The number of ether oxygens (including phenoxy) is 3. The van der Waals surface area contributed by atoms with Crippen LogP contribution in [0.15, 0.2) is 36.4 Å². The van der Waals surface area contributed by atoms with Crippen LogP contribution in [-0.2, 0) is 0 Å². The van der Waals surface area contributed by atoms with Crippen LogP contribution in [0.3, 0.4) is 0 Å². The lowest BCUT2D eigenvalue weighted by atomic mass is 10.2. The summed E-state index contributed by atoms with van der Waals surface area (Å²) in [5.41, 5.74) is 6.82. The fraction of sp³-hybridized carbons (Fsp3) is 0.188. The van der Waals surface area contributed by atoms with E-state index in [1.165, 1.54) is 7.11 Å². The summed E-state index contributed by atoms with van der Waals surface area (Å²) in [5.74, 6) is 2.23. The number of methoxy groups -OCH3 is 1. The Balaban J connectivity index is 2.31.